The summed E-state index contributed by atoms with van der Waals surface area (Å²) in [6.07, 6.45) is 2.34. The number of hydrogen-bond donors (Lipinski definition) is 1. The van der Waals surface area contributed by atoms with Crippen LogP contribution in [-0.4, -0.2) is 58.5 Å². The van der Waals surface area contributed by atoms with Crippen molar-refractivity contribution < 1.29 is 9.47 Å². The zero-order chi connectivity index (χ0) is 13.1. The fourth-order valence-electron chi connectivity index (χ4n) is 2.10. The van der Waals surface area contributed by atoms with Crippen LogP contribution in [0.5, 0.6) is 0 Å². The Hall–Kier alpha value is -0.160. The van der Waals surface area contributed by atoms with Gasteiger partial charge < -0.3 is 15.2 Å². The van der Waals surface area contributed by atoms with Gasteiger partial charge in [0, 0.05) is 33.9 Å². The largest absolute Gasteiger partial charge is 0.383 e. The van der Waals surface area contributed by atoms with Crippen molar-refractivity contribution in [2.75, 3.05) is 53.6 Å². The molecule has 4 heteroatoms. The molecule has 0 heterocycles. The molecule has 0 aromatic carbocycles. The molecule has 0 saturated heterocycles. The molecule has 0 saturated carbocycles. The average molecular weight is 246 g/mol. The van der Waals surface area contributed by atoms with Crippen molar-refractivity contribution in [1.82, 2.24) is 4.90 Å². The molecular weight excluding hydrogens is 216 g/mol. The molecule has 104 valence electrons. The predicted molar refractivity (Wildman–Crippen MR) is 72.3 cm³/mol. The highest BCUT2D eigenvalue weighted by Gasteiger charge is 2.24. The summed E-state index contributed by atoms with van der Waals surface area (Å²) in [6.45, 7) is 9.64. The second-order valence-electron chi connectivity index (χ2n) is 5.03. The summed E-state index contributed by atoms with van der Waals surface area (Å²) in [7, 11) is 3.48. The molecule has 0 spiro atoms. The first kappa shape index (κ1) is 16.8. The summed E-state index contributed by atoms with van der Waals surface area (Å²) in [6, 6.07) is 0. The summed E-state index contributed by atoms with van der Waals surface area (Å²) in [5, 5.41) is 0. The van der Waals surface area contributed by atoms with E-state index in [1.165, 1.54) is 12.8 Å². The maximum absolute atomic E-state index is 5.91. The molecule has 4 nitrogen and oxygen atoms in total. The van der Waals surface area contributed by atoms with Gasteiger partial charge in [-0.3, -0.25) is 4.90 Å². The predicted octanol–water partition coefficient (Wildman–Crippen LogP) is 1.35. The minimum atomic E-state index is 0.205. The minimum Gasteiger partial charge on any atom is -0.383 e. The van der Waals surface area contributed by atoms with E-state index in [0.717, 1.165) is 39.4 Å². The van der Waals surface area contributed by atoms with E-state index in [0.29, 0.717) is 0 Å². The highest BCUT2D eigenvalue weighted by atomic mass is 16.5. The van der Waals surface area contributed by atoms with E-state index in [-0.39, 0.29) is 5.41 Å². The summed E-state index contributed by atoms with van der Waals surface area (Å²) < 4.78 is 10.3. The average Bonchev–Trinajstić information content (AvgIpc) is 2.33. The second-order valence-corrected chi connectivity index (χ2v) is 5.03. The lowest BCUT2D eigenvalue weighted by atomic mass is 9.85. The van der Waals surface area contributed by atoms with Crippen molar-refractivity contribution >= 4 is 0 Å². The highest BCUT2D eigenvalue weighted by Crippen LogP contribution is 2.23. The van der Waals surface area contributed by atoms with Gasteiger partial charge in [0.2, 0.25) is 0 Å². The first-order valence-electron chi connectivity index (χ1n) is 6.52. The van der Waals surface area contributed by atoms with Crippen molar-refractivity contribution in [3.05, 3.63) is 0 Å². The molecular formula is C13H30N2O2. The lowest BCUT2D eigenvalue weighted by Gasteiger charge is -2.34. The van der Waals surface area contributed by atoms with Gasteiger partial charge in [0.05, 0.1) is 13.2 Å². The second kappa shape index (κ2) is 9.83. The van der Waals surface area contributed by atoms with Gasteiger partial charge >= 0.3 is 0 Å². The third kappa shape index (κ3) is 7.71. The maximum atomic E-state index is 5.91. The molecule has 0 aromatic rings. The van der Waals surface area contributed by atoms with Crippen LogP contribution < -0.4 is 5.73 Å². The monoisotopic (exact) mass is 246 g/mol. The van der Waals surface area contributed by atoms with Crippen LogP contribution in [0.1, 0.15) is 26.7 Å². The molecule has 0 aliphatic carbocycles. The van der Waals surface area contributed by atoms with Gasteiger partial charge in [-0.05, 0) is 18.4 Å². The van der Waals surface area contributed by atoms with Gasteiger partial charge in [0.25, 0.3) is 0 Å². The van der Waals surface area contributed by atoms with Crippen LogP contribution in [-0.2, 0) is 9.47 Å². The normalized spacial score (nSPS) is 15.2. The number of nitrogens with two attached hydrogens (primary N) is 1. The summed E-state index contributed by atoms with van der Waals surface area (Å²) in [4.78, 5) is 2.38. The van der Waals surface area contributed by atoms with E-state index in [1.54, 1.807) is 14.2 Å². The molecule has 0 aliphatic rings. The fraction of sp³-hybridized carbons (Fsp3) is 1.00. The Labute approximate surface area is 106 Å². The quantitative estimate of drug-likeness (QED) is 0.598. The van der Waals surface area contributed by atoms with Crippen molar-refractivity contribution in [1.29, 1.82) is 0 Å². The fourth-order valence-corrected chi connectivity index (χ4v) is 2.10. The molecule has 0 aliphatic heterocycles. The Kier molecular flexibility index (Phi) is 9.74. The zero-order valence-corrected chi connectivity index (χ0v) is 12.0. The van der Waals surface area contributed by atoms with Gasteiger partial charge in [0.1, 0.15) is 0 Å². The molecule has 0 amide bonds. The van der Waals surface area contributed by atoms with Gasteiger partial charge in [-0.2, -0.15) is 0 Å². The van der Waals surface area contributed by atoms with E-state index >= 15 is 0 Å². The number of nitrogens with zero attached hydrogens (tertiary/aromatic N) is 1. The van der Waals surface area contributed by atoms with Crippen LogP contribution in [0.4, 0.5) is 0 Å². The first-order valence-corrected chi connectivity index (χ1v) is 6.52. The molecule has 0 radical (unpaired) electrons. The SMILES string of the molecule is CCCC(C)(CN)CN(CCOC)CCOC. The molecule has 1 unspecified atom stereocenters. The number of ether oxygens (including phenoxy) is 2. The van der Waals surface area contributed by atoms with Crippen molar-refractivity contribution in [3.63, 3.8) is 0 Å². The zero-order valence-electron chi connectivity index (χ0n) is 12.0. The van der Waals surface area contributed by atoms with Crippen LogP contribution in [0.3, 0.4) is 0 Å². The smallest absolute Gasteiger partial charge is 0.0589 e. The Morgan fingerprint density at radius 1 is 1.12 bits per heavy atom. The van der Waals surface area contributed by atoms with E-state index < -0.39 is 0 Å². The standard InChI is InChI=1S/C13H30N2O2/c1-5-6-13(2,11-14)12-15(7-9-16-3)8-10-17-4/h5-12,14H2,1-4H3. The lowest BCUT2D eigenvalue weighted by Crippen LogP contribution is -2.43. The van der Waals surface area contributed by atoms with Crippen molar-refractivity contribution in [2.24, 2.45) is 11.1 Å². The van der Waals surface area contributed by atoms with Crippen LogP contribution in [0.2, 0.25) is 0 Å². The van der Waals surface area contributed by atoms with Gasteiger partial charge in [-0.15, -0.1) is 0 Å². The van der Waals surface area contributed by atoms with E-state index in [2.05, 4.69) is 18.7 Å². The van der Waals surface area contributed by atoms with Crippen LogP contribution in [0.15, 0.2) is 0 Å². The van der Waals surface area contributed by atoms with E-state index in [1.807, 2.05) is 0 Å². The Bertz CT molecular complexity index is 171. The molecule has 0 rings (SSSR count). The van der Waals surface area contributed by atoms with E-state index in [9.17, 15) is 0 Å². The third-order valence-corrected chi connectivity index (χ3v) is 3.17. The van der Waals surface area contributed by atoms with Crippen molar-refractivity contribution in [3.8, 4) is 0 Å². The van der Waals surface area contributed by atoms with Crippen LogP contribution in [0.25, 0.3) is 0 Å². The van der Waals surface area contributed by atoms with Crippen molar-refractivity contribution in [2.45, 2.75) is 26.7 Å². The van der Waals surface area contributed by atoms with Gasteiger partial charge in [-0.1, -0.05) is 20.3 Å². The topological polar surface area (TPSA) is 47.7 Å². The first-order chi connectivity index (χ1) is 8.11. The molecule has 17 heavy (non-hydrogen) atoms. The van der Waals surface area contributed by atoms with Crippen LogP contribution in [0, 0.1) is 5.41 Å². The Balaban J connectivity index is 4.25. The number of hydrogen-bond acceptors (Lipinski definition) is 4. The lowest BCUT2D eigenvalue weighted by molar-refractivity contribution is 0.0830. The highest BCUT2D eigenvalue weighted by molar-refractivity contribution is 4.79. The molecule has 0 bridgehead atoms. The number of rotatable bonds is 11. The van der Waals surface area contributed by atoms with E-state index in [4.69, 9.17) is 15.2 Å². The number of methoxy groups -OCH3 is 2. The van der Waals surface area contributed by atoms with Gasteiger partial charge in [0.15, 0.2) is 0 Å². The maximum Gasteiger partial charge on any atom is 0.0589 e. The molecule has 2 N–H and O–H groups in total. The summed E-state index contributed by atoms with van der Waals surface area (Å²) in [5.41, 5.74) is 6.11. The summed E-state index contributed by atoms with van der Waals surface area (Å²) >= 11 is 0. The minimum absolute atomic E-state index is 0.205. The third-order valence-electron chi connectivity index (χ3n) is 3.17. The Morgan fingerprint density at radius 2 is 1.65 bits per heavy atom. The van der Waals surface area contributed by atoms with Crippen LogP contribution >= 0.6 is 0 Å². The Morgan fingerprint density at radius 3 is 2.00 bits per heavy atom. The van der Waals surface area contributed by atoms with Gasteiger partial charge in [-0.25, -0.2) is 0 Å². The summed E-state index contributed by atoms with van der Waals surface area (Å²) in [5.74, 6) is 0. The molecule has 0 aromatic heterocycles. The molecule has 0 fully saturated rings. The molecule has 1 atom stereocenters.